The van der Waals surface area contributed by atoms with Crippen molar-refractivity contribution in [2.24, 2.45) is 5.73 Å². The van der Waals surface area contributed by atoms with Crippen molar-refractivity contribution < 1.29 is 4.52 Å². The normalized spacial score (nSPS) is 13.1. The van der Waals surface area contributed by atoms with Gasteiger partial charge in [0.2, 0.25) is 0 Å². The van der Waals surface area contributed by atoms with Crippen molar-refractivity contribution in [1.29, 1.82) is 0 Å². The molecule has 0 aliphatic carbocycles. The van der Waals surface area contributed by atoms with Crippen molar-refractivity contribution >= 4 is 0 Å². The smallest absolute Gasteiger partial charge is 0.150 e. The summed E-state index contributed by atoms with van der Waals surface area (Å²) in [5, 5.41) is 7.05. The van der Waals surface area contributed by atoms with Gasteiger partial charge in [0.25, 0.3) is 0 Å². The largest absolute Gasteiger partial charge is 0.360 e. The van der Waals surface area contributed by atoms with Gasteiger partial charge in [0.05, 0.1) is 12.2 Å². The first-order valence-electron chi connectivity index (χ1n) is 5.11. The maximum absolute atomic E-state index is 5.84. The Labute approximate surface area is 84.8 Å². The standard InChI is InChI=1S/C10H19N3O/c1-3-4-9(11)6-12-7-10-5-8(2)13-14-10/h5,9,12H,3-4,6-7,11H2,1-2H3. The van der Waals surface area contributed by atoms with Gasteiger partial charge in [-0.15, -0.1) is 0 Å². The number of aromatic nitrogens is 1. The topological polar surface area (TPSA) is 64.1 Å². The Morgan fingerprint density at radius 3 is 3.00 bits per heavy atom. The number of hydrogen-bond donors (Lipinski definition) is 2. The highest BCUT2D eigenvalue weighted by Crippen LogP contribution is 2.01. The Bertz CT molecular complexity index is 260. The first-order valence-corrected chi connectivity index (χ1v) is 5.11. The fourth-order valence-electron chi connectivity index (χ4n) is 1.35. The second kappa shape index (κ2) is 5.78. The summed E-state index contributed by atoms with van der Waals surface area (Å²) < 4.78 is 5.05. The van der Waals surface area contributed by atoms with Crippen LogP contribution < -0.4 is 11.1 Å². The van der Waals surface area contributed by atoms with E-state index in [0.29, 0.717) is 6.54 Å². The molecule has 3 N–H and O–H groups in total. The molecule has 0 saturated heterocycles. The lowest BCUT2D eigenvalue weighted by Gasteiger charge is -2.09. The highest BCUT2D eigenvalue weighted by atomic mass is 16.5. The van der Waals surface area contributed by atoms with Crippen LogP contribution in [0.1, 0.15) is 31.2 Å². The molecule has 0 spiro atoms. The van der Waals surface area contributed by atoms with Crippen molar-refractivity contribution in [3.8, 4) is 0 Å². The number of nitrogens with zero attached hydrogens (tertiary/aromatic N) is 1. The van der Waals surface area contributed by atoms with Crippen LogP contribution in [0.5, 0.6) is 0 Å². The van der Waals surface area contributed by atoms with Crippen LogP contribution >= 0.6 is 0 Å². The maximum atomic E-state index is 5.84. The van der Waals surface area contributed by atoms with Crippen LogP contribution in [0.2, 0.25) is 0 Å². The fraction of sp³-hybridized carbons (Fsp3) is 0.700. The minimum Gasteiger partial charge on any atom is -0.360 e. The molecule has 14 heavy (non-hydrogen) atoms. The summed E-state index contributed by atoms with van der Waals surface area (Å²) in [5.41, 5.74) is 6.76. The quantitative estimate of drug-likeness (QED) is 0.719. The summed E-state index contributed by atoms with van der Waals surface area (Å²) in [6.45, 7) is 5.58. The number of nitrogens with one attached hydrogen (secondary N) is 1. The first kappa shape index (κ1) is 11.2. The third kappa shape index (κ3) is 3.89. The lowest BCUT2D eigenvalue weighted by atomic mass is 10.2. The van der Waals surface area contributed by atoms with Crippen molar-refractivity contribution in [3.63, 3.8) is 0 Å². The van der Waals surface area contributed by atoms with Gasteiger partial charge in [-0.25, -0.2) is 0 Å². The first-order chi connectivity index (χ1) is 6.72. The fourth-order valence-corrected chi connectivity index (χ4v) is 1.35. The molecule has 80 valence electrons. The molecule has 1 atom stereocenters. The number of nitrogens with two attached hydrogens (primary N) is 1. The maximum Gasteiger partial charge on any atom is 0.150 e. The molecule has 1 aromatic rings. The van der Waals surface area contributed by atoms with Crippen LogP contribution in [0, 0.1) is 6.92 Å². The van der Waals surface area contributed by atoms with Crippen LogP contribution in [0.3, 0.4) is 0 Å². The van der Waals surface area contributed by atoms with E-state index < -0.39 is 0 Å². The Balaban J connectivity index is 2.15. The third-order valence-electron chi connectivity index (χ3n) is 2.04. The summed E-state index contributed by atoms with van der Waals surface area (Å²) in [4.78, 5) is 0. The van der Waals surface area contributed by atoms with Gasteiger partial charge in [-0.2, -0.15) is 0 Å². The Hall–Kier alpha value is -0.870. The molecule has 0 aromatic carbocycles. The number of hydrogen-bond acceptors (Lipinski definition) is 4. The molecule has 4 heteroatoms. The predicted molar refractivity (Wildman–Crippen MR) is 55.8 cm³/mol. The molecule has 4 nitrogen and oxygen atoms in total. The highest BCUT2D eigenvalue weighted by Gasteiger charge is 2.02. The van der Waals surface area contributed by atoms with E-state index in [-0.39, 0.29) is 6.04 Å². The summed E-state index contributed by atoms with van der Waals surface area (Å²) in [7, 11) is 0. The third-order valence-corrected chi connectivity index (χ3v) is 2.04. The van der Waals surface area contributed by atoms with Crippen LogP contribution in [-0.2, 0) is 6.54 Å². The number of rotatable bonds is 6. The van der Waals surface area contributed by atoms with E-state index in [9.17, 15) is 0 Å². The number of aryl methyl sites for hydroxylation is 1. The van der Waals surface area contributed by atoms with Crippen molar-refractivity contribution in [3.05, 3.63) is 17.5 Å². The molecule has 0 bridgehead atoms. The summed E-state index contributed by atoms with van der Waals surface area (Å²) in [5.74, 6) is 0.867. The molecular weight excluding hydrogens is 178 g/mol. The highest BCUT2D eigenvalue weighted by molar-refractivity contribution is 5.02. The monoisotopic (exact) mass is 197 g/mol. The molecule has 1 rings (SSSR count). The molecular formula is C10H19N3O. The van der Waals surface area contributed by atoms with Gasteiger partial charge in [-0.05, 0) is 13.3 Å². The lowest BCUT2D eigenvalue weighted by molar-refractivity contribution is 0.367. The molecule has 1 unspecified atom stereocenters. The molecule has 0 aliphatic rings. The zero-order valence-electron chi connectivity index (χ0n) is 8.92. The average Bonchev–Trinajstić information content (AvgIpc) is 2.52. The van der Waals surface area contributed by atoms with E-state index in [1.807, 2.05) is 13.0 Å². The van der Waals surface area contributed by atoms with Gasteiger partial charge in [0.15, 0.2) is 5.76 Å². The van der Waals surface area contributed by atoms with E-state index in [2.05, 4.69) is 17.4 Å². The van der Waals surface area contributed by atoms with Gasteiger partial charge < -0.3 is 15.6 Å². The second-order valence-electron chi connectivity index (χ2n) is 3.61. The van der Waals surface area contributed by atoms with E-state index in [1.165, 1.54) is 0 Å². The van der Waals surface area contributed by atoms with Crippen molar-refractivity contribution in [2.75, 3.05) is 6.54 Å². The van der Waals surface area contributed by atoms with Gasteiger partial charge in [0.1, 0.15) is 0 Å². The van der Waals surface area contributed by atoms with Crippen LogP contribution in [0.4, 0.5) is 0 Å². The molecule has 1 aromatic heterocycles. The van der Waals surface area contributed by atoms with E-state index >= 15 is 0 Å². The van der Waals surface area contributed by atoms with E-state index in [1.54, 1.807) is 0 Å². The molecule has 0 radical (unpaired) electrons. The zero-order valence-corrected chi connectivity index (χ0v) is 8.92. The van der Waals surface area contributed by atoms with Gasteiger partial charge in [0, 0.05) is 18.7 Å². The van der Waals surface area contributed by atoms with Gasteiger partial charge >= 0.3 is 0 Å². The second-order valence-corrected chi connectivity index (χ2v) is 3.61. The van der Waals surface area contributed by atoms with Gasteiger partial charge in [-0.3, -0.25) is 0 Å². The molecule has 0 amide bonds. The summed E-state index contributed by atoms with van der Waals surface area (Å²) in [6.07, 6.45) is 2.19. The van der Waals surface area contributed by atoms with Crippen LogP contribution in [-0.4, -0.2) is 17.7 Å². The van der Waals surface area contributed by atoms with Crippen molar-refractivity contribution in [1.82, 2.24) is 10.5 Å². The Morgan fingerprint density at radius 2 is 2.43 bits per heavy atom. The lowest BCUT2D eigenvalue weighted by Crippen LogP contribution is -2.33. The van der Waals surface area contributed by atoms with Crippen LogP contribution in [0.15, 0.2) is 10.6 Å². The molecule has 1 heterocycles. The summed E-state index contributed by atoms with van der Waals surface area (Å²) >= 11 is 0. The Kier molecular flexibility index (Phi) is 4.62. The SMILES string of the molecule is CCCC(N)CNCc1cc(C)no1. The predicted octanol–water partition coefficient (Wildman–Crippen LogP) is 1.20. The van der Waals surface area contributed by atoms with Crippen LogP contribution in [0.25, 0.3) is 0 Å². The molecule has 0 fully saturated rings. The zero-order chi connectivity index (χ0) is 10.4. The minimum absolute atomic E-state index is 0.240. The molecule has 0 aliphatic heterocycles. The molecule has 0 saturated carbocycles. The average molecular weight is 197 g/mol. The van der Waals surface area contributed by atoms with Gasteiger partial charge in [-0.1, -0.05) is 18.5 Å². The van der Waals surface area contributed by atoms with E-state index in [0.717, 1.165) is 30.8 Å². The summed E-state index contributed by atoms with van der Waals surface area (Å²) in [6, 6.07) is 2.17. The van der Waals surface area contributed by atoms with Crippen molar-refractivity contribution in [2.45, 2.75) is 39.3 Å². The minimum atomic E-state index is 0.240. The Morgan fingerprint density at radius 1 is 1.64 bits per heavy atom. The van der Waals surface area contributed by atoms with E-state index in [4.69, 9.17) is 10.3 Å².